The van der Waals surface area contributed by atoms with Gasteiger partial charge in [-0.2, -0.15) is 5.10 Å². The average Bonchev–Trinajstić information content (AvgIpc) is 2.65. The molecule has 6 heteroatoms. The van der Waals surface area contributed by atoms with Crippen LogP contribution in [0.15, 0.2) is 53.6 Å². The van der Waals surface area contributed by atoms with Crippen molar-refractivity contribution in [3.8, 4) is 5.75 Å². The normalized spacial score (nSPS) is 16.0. The van der Waals surface area contributed by atoms with Gasteiger partial charge < -0.3 is 14.5 Å². The fourth-order valence-electron chi connectivity index (χ4n) is 2.81. The number of para-hydroxylation sites is 2. The number of hydrogen-bond donors (Lipinski definition) is 1. The van der Waals surface area contributed by atoms with Crippen LogP contribution in [0.25, 0.3) is 0 Å². The van der Waals surface area contributed by atoms with Crippen molar-refractivity contribution in [3.05, 3.63) is 59.9 Å². The van der Waals surface area contributed by atoms with Crippen molar-refractivity contribution in [2.45, 2.75) is 0 Å². The molecule has 132 valence electrons. The Balaban J connectivity index is 1.92. The lowest BCUT2D eigenvalue weighted by Crippen LogP contribution is -2.47. The maximum absolute atomic E-state index is 14.4. The van der Waals surface area contributed by atoms with Crippen molar-refractivity contribution in [2.24, 2.45) is 5.10 Å². The molecule has 1 saturated heterocycles. The minimum Gasteiger partial charge on any atom is -0.495 e. The number of halogens is 1. The number of piperazine rings is 1. The number of rotatable bonds is 4. The van der Waals surface area contributed by atoms with E-state index in [2.05, 4.69) is 27.4 Å². The van der Waals surface area contributed by atoms with Crippen LogP contribution in [0.1, 0.15) is 5.56 Å². The van der Waals surface area contributed by atoms with E-state index in [9.17, 15) is 4.39 Å². The molecule has 0 atom stereocenters. The molecule has 5 nitrogen and oxygen atoms in total. The lowest BCUT2D eigenvalue weighted by Gasteiger charge is -2.34. The van der Waals surface area contributed by atoms with Crippen LogP contribution in [0, 0.1) is 5.82 Å². The van der Waals surface area contributed by atoms with Gasteiger partial charge in [-0.3, -0.25) is 5.43 Å². The molecule has 1 N–H and O–H groups in total. The molecule has 2 aromatic rings. The highest BCUT2D eigenvalue weighted by atomic mass is 19.1. The van der Waals surface area contributed by atoms with Gasteiger partial charge in [0, 0.05) is 26.2 Å². The molecule has 1 aliphatic rings. The second-order valence-electron chi connectivity index (χ2n) is 6.02. The first-order valence-electron chi connectivity index (χ1n) is 8.34. The number of ether oxygens (including phenoxy) is 1. The lowest BCUT2D eigenvalue weighted by molar-refractivity contribution is 0.215. The minimum atomic E-state index is -0.276. The summed E-state index contributed by atoms with van der Waals surface area (Å²) in [7, 11) is 3.70. The Morgan fingerprint density at radius 3 is 2.44 bits per heavy atom. The summed E-state index contributed by atoms with van der Waals surface area (Å²) in [4.78, 5) is 4.37. The lowest BCUT2D eigenvalue weighted by atomic mass is 10.1. The summed E-state index contributed by atoms with van der Waals surface area (Å²) in [6.07, 6.45) is 0. The highest BCUT2D eigenvalue weighted by Crippen LogP contribution is 2.23. The third-order valence-electron chi connectivity index (χ3n) is 4.31. The molecule has 1 fully saturated rings. The first-order chi connectivity index (χ1) is 12.2. The molecule has 3 rings (SSSR count). The molecule has 0 saturated carbocycles. The van der Waals surface area contributed by atoms with Crippen LogP contribution in [0.2, 0.25) is 0 Å². The first-order valence-corrected chi connectivity index (χ1v) is 8.34. The zero-order chi connectivity index (χ0) is 17.6. The number of anilines is 1. The van der Waals surface area contributed by atoms with Gasteiger partial charge in [0.15, 0.2) is 5.84 Å². The van der Waals surface area contributed by atoms with Crippen molar-refractivity contribution in [1.82, 2.24) is 9.80 Å². The second kappa shape index (κ2) is 7.98. The number of benzene rings is 2. The smallest absolute Gasteiger partial charge is 0.159 e. The number of likely N-dealkylation sites (N-methyl/N-ethyl adjacent to an activating group) is 1. The largest absolute Gasteiger partial charge is 0.495 e. The fourth-order valence-corrected chi connectivity index (χ4v) is 2.81. The van der Waals surface area contributed by atoms with E-state index >= 15 is 0 Å². The zero-order valence-electron chi connectivity index (χ0n) is 14.6. The van der Waals surface area contributed by atoms with Gasteiger partial charge in [0.2, 0.25) is 0 Å². The van der Waals surface area contributed by atoms with Gasteiger partial charge in [-0.05, 0) is 31.3 Å². The van der Waals surface area contributed by atoms with Crippen LogP contribution in [0.3, 0.4) is 0 Å². The van der Waals surface area contributed by atoms with E-state index in [0.717, 1.165) is 31.9 Å². The van der Waals surface area contributed by atoms with Gasteiger partial charge >= 0.3 is 0 Å². The van der Waals surface area contributed by atoms with E-state index in [1.807, 2.05) is 30.3 Å². The number of hydrogen-bond acceptors (Lipinski definition) is 4. The number of nitrogens with zero attached hydrogens (tertiary/aromatic N) is 3. The summed E-state index contributed by atoms with van der Waals surface area (Å²) in [6, 6.07) is 14.3. The second-order valence-corrected chi connectivity index (χ2v) is 6.02. The Morgan fingerprint density at radius 2 is 1.72 bits per heavy atom. The first kappa shape index (κ1) is 17.2. The molecule has 0 aliphatic carbocycles. The molecule has 0 amide bonds. The molecule has 0 spiro atoms. The predicted octanol–water partition coefficient (Wildman–Crippen LogP) is 2.86. The van der Waals surface area contributed by atoms with Crippen LogP contribution in [0.5, 0.6) is 5.75 Å². The maximum atomic E-state index is 14.4. The van der Waals surface area contributed by atoms with Gasteiger partial charge in [0.05, 0.1) is 18.4 Å². The Morgan fingerprint density at radius 1 is 1.04 bits per heavy atom. The van der Waals surface area contributed by atoms with Crippen molar-refractivity contribution >= 4 is 11.5 Å². The van der Waals surface area contributed by atoms with Crippen LogP contribution in [0.4, 0.5) is 10.1 Å². The molecule has 0 radical (unpaired) electrons. The summed E-state index contributed by atoms with van der Waals surface area (Å²) < 4.78 is 19.7. The molecule has 0 aromatic heterocycles. The monoisotopic (exact) mass is 342 g/mol. The maximum Gasteiger partial charge on any atom is 0.159 e. The third-order valence-corrected chi connectivity index (χ3v) is 4.31. The number of nitrogens with one attached hydrogen (secondary N) is 1. The predicted molar refractivity (Wildman–Crippen MR) is 98.6 cm³/mol. The Labute approximate surface area is 147 Å². The standard InChI is InChI=1S/C19H23FN4O/c1-23-11-13-24(14-12-23)19(15-7-3-4-8-16(15)20)22-21-17-9-5-6-10-18(17)25-2/h3-10,21H,11-14H2,1-2H3. The Hall–Kier alpha value is -2.60. The highest BCUT2D eigenvalue weighted by Gasteiger charge is 2.21. The summed E-state index contributed by atoms with van der Waals surface area (Å²) >= 11 is 0. The van der Waals surface area contributed by atoms with Gasteiger partial charge in [-0.15, -0.1) is 0 Å². The third kappa shape index (κ3) is 4.09. The fraction of sp³-hybridized carbons (Fsp3) is 0.316. The molecule has 1 aliphatic heterocycles. The van der Waals surface area contributed by atoms with Gasteiger partial charge in [-0.25, -0.2) is 4.39 Å². The van der Waals surface area contributed by atoms with Crippen molar-refractivity contribution in [1.29, 1.82) is 0 Å². The molecule has 25 heavy (non-hydrogen) atoms. The van der Waals surface area contributed by atoms with Crippen LogP contribution in [-0.2, 0) is 0 Å². The van der Waals surface area contributed by atoms with Crippen molar-refractivity contribution in [3.63, 3.8) is 0 Å². The summed E-state index contributed by atoms with van der Waals surface area (Å²) in [5, 5.41) is 4.54. The molecule has 1 heterocycles. The average molecular weight is 342 g/mol. The topological polar surface area (TPSA) is 40.1 Å². The van der Waals surface area contributed by atoms with E-state index < -0.39 is 0 Å². The minimum absolute atomic E-state index is 0.276. The van der Waals surface area contributed by atoms with E-state index in [1.54, 1.807) is 19.2 Å². The van der Waals surface area contributed by atoms with Crippen LogP contribution >= 0.6 is 0 Å². The van der Waals surface area contributed by atoms with Gasteiger partial charge in [0.1, 0.15) is 11.6 Å². The molecule has 0 unspecified atom stereocenters. The zero-order valence-corrected chi connectivity index (χ0v) is 14.6. The van der Waals surface area contributed by atoms with E-state index in [1.165, 1.54) is 6.07 Å². The molecule has 0 bridgehead atoms. The highest BCUT2D eigenvalue weighted by molar-refractivity contribution is 5.99. The number of hydrazone groups is 1. The quantitative estimate of drug-likeness (QED) is 0.527. The van der Waals surface area contributed by atoms with Gasteiger partial charge in [0.25, 0.3) is 0 Å². The Bertz CT molecular complexity index is 742. The van der Waals surface area contributed by atoms with E-state index in [4.69, 9.17) is 4.74 Å². The number of amidine groups is 1. The molecular weight excluding hydrogens is 319 g/mol. The summed E-state index contributed by atoms with van der Waals surface area (Å²) in [5.41, 5.74) is 4.28. The molecular formula is C19H23FN4O. The van der Waals surface area contributed by atoms with E-state index in [0.29, 0.717) is 17.1 Å². The SMILES string of the molecule is COc1ccccc1NN=C(c1ccccc1F)N1CCN(C)CC1. The van der Waals surface area contributed by atoms with Crippen molar-refractivity contribution < 1.29 is 9.13 Å². The van der Waals surface area contributed by atoms with Crippen molar-refractivity contribution in [2.75, 3.05) is 45.8 Å². The number of methoxy groups -OCH3 is 1. The van der Waals surface area contributed by atoms with Crippen LogP contribution in [-0.4, -0.2) is 56.0 Å². The Kier molecular flexibility index (Phi) is 5.50. The van der Waals surface area contributed by atoms with E-state index in [-0.39, 0.29) is 5.82 Å². The van der Waals surface area contributed by atoms with Crippen LogP contribution < -0.4 is 10.2 Å². The van der Waals surface area contributed by atoms with Gasteiger partial charge in [-0.1, -0.05) is 24.3 Å². The summed E-state index contributed by atoms with van der Waals surface area (Å²) in [6.45, 7) is 3.44. The molecule has 2 aromatic carbocycles. The summed E-state index contributed by atoms with van der Waals surface area (Å²) in [5.74, 6) is 1.02.